The third kappa shape index (κ3) is 2.50. The first-order valence-electron chi connectivity index (χ1n) is 4.84. The molecule has 0 amide bonds. The van der Waals surface area contributed by atoms with E-state index in [0.717, 1.165) is 22.0 Å². The zero-order valence-electron chi connectivity index (χ0n) is 8.06. The topological polar surface area (TPSA) is 12.0 Å². The lowest BCUT2D eigenvalue weighted by atomic mass is 10.2. The van der Waals surface area contributed by atoms with Crippen LogP contribution in [0.1, 0.15) is 18.9 Å². The van der Waals surface area contributed by atoms with Crippen LogP contribution in [-0.4, -0.2) is 6.04 Å². The molecule has 3 heteroatoms. The minimum atomic E-state index is 0.709. The van der Waals surface area contributed by atoms with Crippen molar-refractivity contribution in [1.29, 1.82) is 0 Å². The predicted octanol–water partition coefficient (Wildman–Crippen LogP) is 3.60. The van der Waals surface area contributed by atoms with Gasteiger partial charge in [-0.25, -0.2) is 0 Å². The Morgan fingerprint density at radius 3 is 2.93 bits per heavy atom. The first-order chi connectivity index (χ1) is 6.66. The Hall–Kier alpha value is -0.0500. The van der Waals surface area contributed by atoms with Crippen molar-refractivity contribution < 1.29 is 0 Å². The summed E-state index contributed by atoms with van der Waals surface area (Å²) in [6.07, 6.45) is 1.30. The van der Waals surface area contributed by atoms with Crippen molar-refractivity contribution in [3.63, 3.8) is 0 Å². The van der Waals surface area contributed by atoms with E-state index in [9.17, 15) is 0 Å². The van der Waals surface area contributed by atoms with E-state index >= 15 is 0 Å². The van der Waals surface area contributed by atoms with Crippen molar-refractivity contribution in [1.82, 2.24) is 5.32 Å². The molecule has 14 heavy (non-hydrogen) atoms. The summed E-state index contributed by atoms with van der Waals surface area (Å²) < 4.78 is 1.13. The molecule has 2 atom stereocenters. The van der Waals surface area contributed by atoms with Gasteiger partial charge in [0, 0.05) is 22.1 Å². The number of benzene rings is 1. The molecule has 1 fully saturated rings. The van der Waals surface area contributed by atoms with Gasteiger partial charge in [0.1, 0.15) is 0 Å². The van der Waals surface area contributed by atoms with Crippen LogP contribution in [0.3, 0.4) is 0 Å². The van der Waals surface area contributed by atoms with E-state index in [-0.39, 0.29) is 0 Å². The Morgan fingerprint density at radius 1 is 1.57 bits per heavy atom. The highest BCUT2D eigenvalue weighted by Gasteiger charge is 2.31. The fourth-order valence-corrected chi connectivity index (χ4v) is 2.11. The molecule has 0 aromatic heterocycles. The van der Waals surface area contributed by atoms with Crippen LogP contribution >= 0.6 is 27.5 Å². The van der Waals surface area contributed by atoms with Gasteiger partial charge >= 0.3 is 0 Å². The molecule has 1 aromatic rings. The third-order valence-electron chi connectivity index (χ3n) is 2.67. The van der Waals surface area contributed by atoms with Crippen molar-refractivity contribution in [3.8, 4) is 0 Å². The number of hydrogen-bond acceptors (Lipinski definition) is 1. The predicted molar refractivity (Wildman–Crippen MR) is 63.6 cm³/mol. The SMILES string of the molecule is CC1CC1NCc1cc(Cl)ccc1Br. The summed E-state index contributed by atoms with van der Waals surface area (Å²) in [6.45, 7) is 3.17. The van der Waals surface area contributed by atoms with Crippen LogP contribution in [0.15, 0.2) is 22.7 Å². The number of hydrogen-bond donors (Lipinski definition) is 1. The fourth-order valence-electron chi connectivity index (χ4n) is 1.53. The second-order valence-corrected chi connectivity index (χ2v) is 5.23. The van der Waals surface area contributed by atoms with Gasteiger partial charge in [-0.15, -0.1) is 0 Å². The van der Waals surface area contributed by atoms with E-state index in [0.29, 0.717) is 6.04 Å². The van der Waals surface area contributed by atoms with Crippen molar-refractivity contribution in [3.05, 3.63) is 33.3 Å². The van der Waals surface area contributed by atoms with Crippen LogP contribution in [0, 0.1) is 5.92 Å². The fraction of sp³-hybridized carbons (Fsp3) is 0.455. The van der Waals surface area contributed by atoms with Crippen LogP contribution in [0.5, 0.6) is 0 Å². The second-order valence-electron chi connectivity index (χ2n) is 3.94. The van der Waals surface area contributed by atoms with Crippen LogP contribution in [0.2, 0.25) is 5.02 Å². The van der Waals surface area contributed by atoms with E-state index < -0.39 is 0 Å². The molecule has 1 N–H and O–H groups in total. The Kier molecular flexibility index (Phi) is 3.15. The Labute approximate surface area is 98.0 Å². The van der Waals surface area contributed by atoms with E-state index in [1.54, 1.807) is 0 Å². The molecule has 0 spiro atoms. The highest BCUT2D eigenvalue weighted by Crippen LogP contribution is 2.30. The molecular weight excluding hydrogens is 261 g/mol. The number of halogens is 2. The molecule has 76 valence electrons. The normalized spacial score (nSPS) is 25.1. The largest absolute Gasteiger partial charge is 0.310 e. The number of nitrogens with one attached hydrogen (secondary N) is 1. The maximum Gasteiger partial charge on any atom is 0.0410 e. The standard InChI is InChI=1S/C11H13BrClN/c1-7-4-11(7)14-6-8-5-9(13)2-3-10(8)12/h2-3,5,7,11,14H,4,6H2,1H3. The molecule has 1 aliphatic rings. The Balaban J connectivity index is 1.97. The maximum absolute atomic E-state index is 5.93. The van der Waals surface area contributed by atoms with Crippen LogP contribution < -0.4 is 5.32 Å². The maximum atomic E-state index is 5.93. The highest BCUT2D eigenvalue weighted by molar-refractivity contribution is 9.10. The minimum Gasteiger partial charge on any atom is -0.310 e. The van der Waals surface area contributed by atoms with E-state index in [1.807, 2.05) is 18.2 Å². The second kappa shape index (κ2) is 4.21. The Morgan fingerprint density at radius 2 is 2.29 bits per heavy atom. The first-order valence-corrected chi connectivity index (χ1v) is 6.01. The lowest BCUT2D eigenvalue weighted by Gasteiger charge is -2.06. The molecule has 1 aromatic carbocycles. The average molecular weight is 275 g/mol. The smallest absolute Gasteiger partial charge is 0.0410 e. The number of rotatable bonds is 3. The molecule has 0 saturated heterocycles. The average Bonchev–Trinajstić information content (AvgIpc) is 2.84. The van der Waals surface area contributed by atoms with Gasteiger partial charge in [0.25, 0.3) is 0 Å². The van der Waals surface area contributed by atoms with Gasteiger partial charge in [0.05, 0.1) is 0 Å². The molecular formula is C11H13BrClN. The zero-order valence-corrected chi connectivity index (χ0v) is 10.4. The van der Waals surface area contributed by atoms with Gasteiger partial charge in [-0.3, -0.25) is 0 Å². The first kappa shape index (κ1) is 10.5. The molecule has 2 unspecified atom stereocenters. The molecule has 1 saturated carbocycles. The van der Waals surface area contributed by atoms with Gasteiger partial charge in [0.15, 0.2) is 0 Å². The van der Waals surface area contributed by atoms with Crippen LogP contribution in [-0.2, 0) is 6.54 Å². The molecule has 0 heterocycles. The third-order valence-corrected chi connectivity index (χ3v) is 3.68. The quantitative estimate of drug-likeness (QED) is 0.888. The van der Waals surface area contributed by atoms with Crippen LogP contribution in [0.25, 0.3) is 0 Å². The molecule has 0 bridgehead atoms. The van der Waals surface area contributed by atoms with E-state index in [2.05, 4.69) is 28.2 Å². The van der Waals surface area contributed by atoms with Gasteiger partial charge in [0.2, 0.25) is 0 Å². The summed E-state index contributed by atoms with van der Waals surface area (Å²) in [6, 6.07) is 6.61. The summed E-state index contributed by atoms with van der Waals surface area (Å²) in [5.74, 6) is 0.841. The molecule has 1 nitrogen and oxygen atoms in total. The summed E-state index contributed by atoms with van der Waals surface area (Å²) in [7, 11) is 0. The summed E-state index contributed by atoms with van der Waals surface area (Å²) in [4.78, 5) is 0. The van der Waals surface area contributed by atoms with Crippen molar-refractivity contribution in [2.45, 2.75) is 25.9 Å². The van der Waals surface area contributed by atoms with E-state index in [1.165, 1.54) is 12.0 Å². The highest BCUT2D eigenvalue weighted by atomic mass is 79.9. The van der Waals surface area contributed by atoms with Crippen LogP contribution in [0.4, 0.5) is 0 Å². The Bertz CT molecular complexity index is 340. The molecule has 2 rings (SSSR count). The van der Waals surface area contributed by atoms with Crippen molar-refractivity contribution in [2.75, 3.05) is 0 Å². The lowest BCUT2D eigenvalue weighted by molar-refractivity contribution is 0.651. The molecule has 0 aliphatic heterocycles. The zero-order chi connectivity index (χ0) is 10.1. The lowest BCUT2D eigenvalue weighted by Crippen LogP contribution is -2.17. The van der Waals surface area contributed by atoms with Gasteiger partial charge in [-0.05, 0) is 36.1 Å². The van der Waals surface area contributed by atoms with Gasteiger partial charge in [-0.2, -0.15) is 0 Å². The molecule has 0 radical (unpaired) electrons. The van der Waals surface area contributed by atoms with E-state index in [4.69, 9.17) is 11.6 Å². The molecule has 1 aliphatic carbocycles. The van der Waals surface area contributed by atoms with Gasteiger partial charge in [-0.1, -0.05) is 34.5 Å². The van der Waals surface area contributed by atoms with Crippen molar-refractivity contribution >= 4 is 27.5 Å². The summed E-state index contributed by atoms with van der Waals surface area (Å²) in [5.41, 5.74) is 1.23. The summed E-state index contributed by atoms with van der Waals surface area (Å²) >= 11 is 9.45. The summed E-state index contributed by atoms with van der Waals surface area (Å²) in [5, 5.41) is 4.30. The van der Waals surface area contributed by atoms with Crippen molar-refractivity contribution in [2.24, 2.45) is 5.92 Å². The minimum absolute atomic E-state index is 0.709. The van der Waals surface area contributed by atoms with Gasteiger partial charge < -0.3 is 5.32 Å². The monoisotopic (exact) mass is 273 g/mol.